The molecule has 0 aliphatic carbocycles. The Balaban J connectivity index is 2.57. The third-order valence-corrected chi connectivity index (χ3v) is 2.74. The molecule has 0 aromatic rings. The Morgan fingerprint density at radius 2 is 2.47 bits per heavy atom. The van der Waals surface area contributed by atoms with Crippen molar-refractivity contribution in [3.05, 3.63) is 23.9 Å². The summed E-state index contributed by atoms with van der Waals surface area (Å²) in [5.41, 5.74) is 1.52. The number of nitrogens with one attached hydrogen (secondary N) is 2. The van der Waals surface area contributed by atoms with Gasteiger partial charge >= 0.3 is 5.97 Å². The molecule has 1 rings (SSSR count). The molecule has 2 N–H and O–H groups in total. The maximum atomic E-state index is 11.4. The van der Waals surface area contributed by atoms with Crippen LogP contribution in [0.5, 0.6) is 0 Å². The van der Waals surface area contributed by atoms with Crippen molar-refractivity contribution in [1.82, 2.24) is 10.6 Å². The predicted molar refractivity (Wildman–Crippen MR) is 71.7 cm³/mol. The fourth-order valence-electron chi connectivity index (χ4n) is 1.52. The smallest absolute Gasteiger partial charge is 0.328 e. The van der Waals surface area contributed by atoms with Crippen LogP contribution in [0.15, 0.2) is 23.9 Å². The first-order chi connectivity index (χ1) is 8.06. The van der Waals surface area contributed by atoms with Gasteiger partial charge in [-0.1, -0.05) is 24.9 Å². The highest BCUT2D eigenvalue weighted by Gasteiger charge is 2.18. The van der Waals surface area contributed by atoms with Crippen molar-refractivity contribution in [3.63, 3.8) is 0 Å². The lowest BCUT2D eigenvalue weighted by atomic mass is 10.1. The van der Waals surface area contributed by atoms with Gasteiger partial charge in [-0.2, -0.15) is 0 Å². The van der Waals surface area contributed by atoms with Gasteiger partial charge in [0.25, 0.3) is 0 Å². The van der Waals surface area contributed by atoms with Crippen LogP contribution in [-0.2, 0) is 9.53 Å². The molecule has 1 atom stereocenters. The normalized spacial score (nSPS) is 16.6. The van der Waals surface area contributed by atoms with Gasteiger partial charge in [0.1, 0.15) is 11.0 Å². The second kappa shape index (κ2) is 6.39. The summed E-state index contributed by atoms with van der Waals surface area (Å²) in [6.07, 6.45) is 2.93. The van der Waals surface area contributed by atoms with Gasteiger partial charge in [0.15, 0.2) is 0 Å². The van der Waals surface area contributed by atoms with Crippen LogP contribution >= 0.6 is 12.2 Å². The standard InChI is InChI=1S/C12H18N2O2S/c1-4-16-12(15)9(3)14-8(2)10-6-5-7-13-11(10)17/h6,9,14H,2,4-5,7H2,1,3H3,(H,13,17). The minimum absolute atomic E-state index is 0.288. The van der Waals surface area contributed by atoms with Crippen LogP contribution in [0.1, 0.15) is 20.3 Å². The molecule has 0 spiro atoms. The zero-order valence-corrected chi connectivity index (χ0v) is 11.0. The number of carbonyl (C=O) groups excluding carboxylic acids is 1. The minimum Gasteiger partial charge on any atom is -0.464 e. The van der Waals surface area contributed by atoms with E-state index < -0.39 is 6.04 Å². The van der Waals surface area contributed by atoms with E-state index in [-0.39, 0.29) is 5.97 Å². The lowest BCUT2D eigenvalue weighted by molar-refractivity contribution is -0.144. The molecular weight excluding hydrogens is 236 g/mol. The SMILES string of the molecule is C=C(NC(C)C(=O)OCC)C1=CCCNC1=S. The molecule has 0 amide bonds. The lowest BCUT2D eigenvalue weighted by Gasteiger charge is -2.21. The fraction of sp³-hybridized carbons (Fsp3) is 0.500. The van der Waals surface area contributed by atoms with Crippen molar-refractivity contribution in [1.29, 1.82) is 0 Å². The van der Waals surface area contributed by atoms with E-state index in [0.29, 0.717) is 17.3 Å². The Morgan fingerprint density at radius 1 is 1.76 bits per heavy atom. The lowest BCUT2D eigenvalue weighted by Crippen LogP contribution is -2.38. The van der Waals surface area contributed by atoms with Crippen LogP contribution in [0, 0.1) is 0 Å². The van der Waals surface area contributed by atoms with Crippen molar-refractivity contribution in [2.45, 2.75) is 26.3 Å². The van der Waals surface area contributed by atoms with Gasteiger partial charge in [0.05, 0.1) is 6.61 Å². The molecule has 1 unspecified atom stereocenters. The van der Waals surface area contributed by atoms with E-state index >= 15 is 0 Å². The first-order valence-electron chi connectivity index (χ1n) is 5.67. The van der Waals surface area contributed by atoms with Crippen molar-refractivity contribution >= 4 is 23.2 Å². The number of thiocarbonyl (C=S) groups is 1. The Labute approximate surface area is 107 Å². The van der Waals surface area contributed by atoms with E-state index in [1.807, 2.05) is 6.08 Å². The van der Waals surface area contributed by atoms with E-state index in [2.05, 4.69) is 17.2 Å². The van der Waals surface area contributed by atoms with Crippen molar-refractivity contribution < 1.29 is 9.53 Å². The van der Waals surface area contributed by atoms with Crippen LogP contribution < -0.4 is 10.6 Å². The highest BCUT2D eigenvalue weighted by Crippen LogP contribution is 2.12. The first kappa shape index (κ1) is 13.7. The average Bonchev–Trinajstić information content (AvgIpc) is 2.29. The Kier molecular flexibility index (Phi) is 5.15. The molecule has 1 heterocycles. The topological polar surface area (TPSA) is 50.4 Å². The summed E-state index contributed by atoms with van der Waals surface area (Å²) < 4.78 is 4.91. The quantitative estimate of drug-likeness (QED) is 0.572. The van der Waals surface area contributed by atoms with E-state index in [4.69, 9.17) is 17.0 Å². The molecule has 0 aromatic carbocycles. The van der Waals surface area contributed by atoms with Crippen LogP contribution in [0.4, 0.5) is 0 Å². The predicted octanol–water partition coefficient (Wildman–Crippen LogP) is 1.29. The summed E-state index contributed by atoms with van der Waals surface area (Å²) in [7, 11) is 0. The molecule has 0 fully saturated rings. The van der Waals surface area contributed by atoms with Crippen LogP contribution in [0.2, 0.25) is 0 Å². The fourth-order valence-corrected chi connectivity index (χ4v) is 1.82. The number of rotatable bonds is 5. The Morgan fingerprint density at radius 3 is 3.06 bits per heavy atom. The minimum atomic E-state index is -0.423. The number of carbonyl (C=O) groups is 1. The van der Waals surface area contributed by atoms with Gasteiger partial charge in [0.2, 0.25) is 0 Å². The van der Waals surface area contributed by atoms with Gasteiger partial charge in [-0.25, -0.2) is 4.79 Å². The third-order valence-electron chi connectivity index (χ3n) is 2.38. The third kappa shape index (κ3) is 3.85. The van der Waals surface area contributed by atoms with Crippen molar-refractivity contribution in [3.8, 4) is 0 Å². The van der Waals surface area contributed by atoms with Gasteiger partial charge in [0, 0.05) is 17.8 Å². The Bertz CT molecular complexity index is 364. The molecule has 0 bridgehead atoms. The molecule has 5 heteroatoms. The van der Waals surface area contributed by atoms with Crippen LogP contribution in [0.25, 0.3) is 0 Å². The molecule has 4 nitrogen and oxygen atoms in total. The summed E-state index contributed by atoms with van der Waals surface area (Å²) in [5, 5.41) is 6.09. The van der Waals surface area contributed by atoms with Gasteiger partial charge < -0.3 is 15.4 Å². The molecule has 0 aromatic heterocycles. The Hall–Kier alpha value is -1.36. The van der Waals surface area contributed by atoms with Crippen molar-refractivity contribution in [2.24, 2.45) is 0 Å². The van der Waals surface area contributed by atoms with E-state index in [1.54, 1.807) is 13.8 Å². The van der Waals surface area contributed by atoms with Crippen molar-refractivity contribution in [2.75, 3.05) is 13.2 Å². The zero-order valence-electron chi connectivity index (χ0n) is 10.2. The van der Waals surface area contributed by atoms with Gasteiger partial charge in [-0.3, -0.25) is 0 Å². The number of esters is 1. The molecular formula is C12H18N2O2S. The largest absolute Gasteiger partial charge is 0.464 e. The summed E-state index contributed by atoms with van der Waals surface area (Å²) in [5.74, 6) is -0.288. The molecule has 0 saturated heterocycles. The maximum absolute atomic E-state index is 11.4. The number of hydrogen-bond acceptors (Lipinski definition) is 4. The van der Waals surface area contributed by atoms with Crippen LogP contribution in [0.3, 0.4) is 0 Å². The molecule has 0 radical (unpaired) electrons. The molecule has 0 saturated carbocycles. The summed E-state index contributed by atoms with van der Waals surface area (Å²) in [6, 6.07) is -0.423. The first-order valence-corrected chi connectivity index (χ1v) is 6.08. The molecule has 94 valence electrons. The zero-order chi connectivity index (χ0) is 12.8. The van der Waals surface area contributed by atoms with Crippen LogP contribution in [-0.4, -0.2) is 30.2 Å². The van der Waals surface area contributed by atoms with E-state index in [9.17, 15) is 4.79 Å². The second-order valence-electron chi connectivity index (χ2n) is 3.76. The maximum Gasteiger partial charge on any atom is 0.328 e. The van der Waals surface area contributed by atoms with E-state index in [1.165, 1.54) is 0 Å². The average molecular weight is 254 g/mol. The molecule has 1 aliphatic rings. The van der Waals surface area contributed by atoms with E-state index in [0.717, 1.165) is 18.5 Å². The van der Waals surface area contributed by atoms with Gasteiger partial charge in [-0.05, 0) is 20.3 Å². The summed E-state index contributed by atoms with van der Waals surface area (Å²) in [6.45, 7) is 8.64. The second-order valence-corrected chi connectivity index (χ2v) is 4.17. The molecule has 1 aliphatic heterocycles. The monoisotopic (exact) mass is 254 g/mol. The summed E-state index contributed by atoms with van der Waals surface area (Å²) >= 11 is 5.18. The van der Waals surface area contributed by atoms with Gasteiger partial charge in [-0.15, -0.1) is 0 Å². The number of ether oxygens (including phenoxy) is 1. The summed E-state index contributed by atoms with van der Waals surface area (Å²) in [4.78, 5) is 12.1. The highest BCUT2D eigenvalue weighted by molar-refractivity contribution is 7.80. The molecule has 17 heavy (non-hydrogen) atoms. The number of hydrogen-bond donors (Lipinski definition) is 2. The highest BCUT2D eigenvalue weighted by atomic mass is 32.1.